The number of ketones is 1. The number of halogens is 4. The molecular weight excluding hydrogens is 418 g/mol. The van der Waals surface area contributed by atoms with E-state index >= 15 is 0 Å². The molecule has 1 saturated carbocycles. The Balaban J connectivity index is 1.91. The Bertz CT molecular complexity index is 853. The number of rotatable bonds is 2. The van der Waals surface area contributed by atoms with Crippen LogP contribution in [0.1, 0.15) is 24.0 Å². The third-order valence-corrected chi connectivity index (χ3v) is 5.16. The van der Waals surface area contributed by atoms with Gasteiger partial charge in [-0.1, -0.05) is 46.4 Å². The summed E-state index contributed by atoms with van der Waals surface area (Å²) in [4.78, 5) is 12.6. The van der Waals surface area contributed by atoms with Gasteiger partial charge in [0, 0.05) is 11.1 Å². The number of carbonyl (C=O) groups excluding carboxylic acids is 1. The second-order valence-corrected chi connectivity index (χ2v) is 7.46. The van der Waals surface area contributed by atoms with E-state index in [9.17, 15) is 15.0 Å². The van der Waals surface area contributed by atoms with E-state index in [4.69, 9.17) is 46.4 Å². The van der Waals surface area contributed by atoms with E-state index in [0.717, 1.165) is 0 Å². The van der Waals surface area contributed by atoms with E-state index in [-0.39, 0.29) is 37.4 Å². The molecule has 1 fully saturated rings. The van der Waals surface area contributed by atoms with Gasteiger partial charge < -0.3 is 10.2 Å². The number of carbonyl (C=O) groups is 1. The number of Topliss-reactive ketones (excluding diaryl/α,β-unsaturated/α-hetero) is 1. The van der Waals surface area contributed by atoms with Crippen molar-refractivity contribution < 1.29 is 15.0 Å². The fraction of sp³-hybridized carbons (Fsp3) is 0.105. The fourth-order valence-corrected chi connectivity index (χ4v) is 3.73. The molecule has 0 bridgehead atoms. The van der Waals surface area contributed by atoms with Gasteiger partial charge >= 0.3 is 0 Å². The first kappa shape index (κ1) is 19.1. The van der Waals surface area contributed by atoms with Crippen molar-refractivity contribution in [2.24, 2.45) is 0 Å². The average molecular weight is 430 g/mol. The van der Waals surface area contributed by atoms with Crippen molar-refractivity contribution in [1.29, 1.82) is 0 Å². The summed E-state index contributed by atoms with van der Waals surface area (Å²) in [5, 5.41) is 19.7. The standard InChI is InChI=1S/C19H12Cl4O3/c20-13-5-9(6-14(21)18(13)25)3-11-1-2-12(17(11)24)4-10-7-15(22)19(26)16(23)8-10/h3-8,25-26H,1-2H2/b11-3+,12-4+. The molecule has 2 aromatic carbocycles. The van der Waals surface area contributed by atoms with Gasteiger partial charge in [0.1, 0.15) is 0 Å². The third-order valence-electron chi connectivity index (χ3n) is 4.01. The second-order valence-electron chi connectivity index (χ2n) is 5.83. The van der Waals surface area contributed by atoms with Gasteiger partial charge in [0.05, 0.1) is 20.1 Å². The summed E-state index contributed by atoms with van der Waals surface area (Å²) in [6, 6.07) is 6.18. The van der Waals surface area contributed by atoms with Crippen LogP contribution in [0.25, 0.3) is 12.2 Å². The van der Waals surface area contributed by atoms with Crippen LogP contribution in [0.5, 0.6) is 11.5 Å². The predicted molar refractivity (Wildman–Crippen MR) is 106 cm³/mol. The van der Waals surface area contributed by atoms with Gasteiger partial charge in [0.2, 0.25) is 0 Å². The Kier molecular flexibility index (Phi) is 5.54. The van der Waals surface area contributed by atoms with E-state index in [1.807, 2.05) is 0 Å². The van der Waals surface area contributed by atoms with Crippen molar-refractivity contribution in [2.45, 2.75) is 12.8 Å². The molecule has 0 spiro atoms. The van der Waals surface area contributed by atoms with Gasteiger partial charge in [-0.05, 0) is 60.4 Å². The highest BCUT2D eigenvalue weighted by Gasteiger charge is 2.23. The van der Waals surface area contributed by atoms with Crippen molar-refractivity contribution in [3.63, 3.8) is 0 Å². The highest BCUT2D eigenvalue weighted by atomic mass is 35.5. The Morgan fingerprint density at radius 3 is 1.31 bits per heavy atom. The Labute approximate surface area is 170 Å². The lowest BCUT2D eigenvalue weighted by Gasteiger charge is -2.03. The van der Waals surface area contributed by atoms with E-state index in [2.05, 4.69) is 0 Å². The molecule has 2 aromatic rings. The van der Waals surface area contributed by atoms with Crippen molar-refractivity contribution in [3.05, 3.63) is 66.6 Å². The molecule has 1 aliphatic carbocycles. The molecule has 26 heavy (non-hydrogen) atoms. The van der Waals surface area contributed by atoms with E-state index < -0.39 is 0 Å². The highest BCUT2D eigenvalue weighted by molar-refractivity contribution is 6.38. The summed E-state index contributed by atoms with van der Waals surface area (Å²) in [5.41, 5.74) is 2.51. The van der Waals surface area contributed by atoms with E-state index in [1.54, 1.807) is 36.4 Å². The van der Waals surface area contributed by atoms with Gasteiger partial charge in [-0.3, -0.25) is 4.79 Å². The van der Waals surface area contributed by atoms with Crippen LogP contribution in [-0.2, 0) is 4.79 Å². The smallest absolute Gasteiger partial charge is 0.185 e. The summed E-state index contributed by atoms with van der Waals surface area (Å²) in [7, 11) is 0. The number of hydrogen-bond donors (Lipinski definition) is 2. The molecule has 3 nitrogen and oxygen atoms in total. The van der Waals surface area contributed by atoms with Gasteiger partial charge in [0.25, 0.3) is 0 Å². The molecule has 0 heterocycles. The number of hydrogen-bond acceptors (Lipinski definition) is 3. The summed E-state index contributed by atoms with van der Waals surface area (Å²) in [5.74, 6) is -0.463. The van der Waals surface area contributed by atoms with Crippen LogP contribution >= 0.6 is 46.4 Å². The van der Waals surface area contributed by atoms with Gasteiger partial charge in [-0.25, -0.2) is 0 Å². The van der Waals surface area contributed by atoms with Crippen LogP contribution in [-0.4, -0.2) is 16.0 Å². The number of benzene rings is 2. The highest BCUT2D eigenvalue weighted by Crippen LogP contribution is 2.37. The summed E-state index contributed by atoms with van der Waals surface area (Å²) >= 11 is 23.7. The second kappa shape index (κ2) is 7.53. The minimum Gasteiger partial charge on any atom is -0.505 e. The number of phenols is 2. The maximum Gasteiger partial charge on any atom is 0.185 e. The molecule has 3 rings (SSSR count). The predicted octanol–water partition coefficient (Wildman–Crippen LogP) is 6.54. The average Bonchev–Trinajstić information content (AvgIpc) is 2.90. The van der Waals surface area contributed by atoms with Gasteiger partial charge in [-0.2, -0.15) is 0 Å². The zero-order valence-electron chi connectivity index (χ0n) is 13.2. The van der Waals surface area contributed by atoms with Crippen LogP contribution in [0.2, 0.25) is 20.1 Å². The van der Waals surface area contributed by atoms with Crippen molar-refractivity contribution >= 4 is 64.3 Å². The SMILES string of the molecule is O=C1/C(=C/c2cc(Cl)c(O)c(Cl)c2)CC/C1=C\c1cc(Cl)c(O)c(Cl)c1. The van der Waals surface area contributed by atoms with Crippen LogP contribution in [0.3, 0.4) is 0 Å². The fourth-order valence-electron chi connectivity index (χ4n) is 2.72. The van der Waals surface area contributed by atoms with Gasteiger partial charge in [0.15, 0.2) is 17.3 Å². The first-order valence-corrected chi connectivity index (χ1v) is 9.09. The van der Waals surface area contributed by atoms with E-state index in [1.165, 1.54) is 0 Å². The maximum atomic E-state index is 12.6. The van der Waals surface area contributed by atoms with Crippen molar-refractivity contribution in [2.75, 3.05) is 0 Å². The van der Waals surface area contributed by atoms with Crippen LogP contribution in [0.4, 0.5) is 0 Å². The lowest BCUT2D eigenvalue weighted by atomic mass is 10.1. The van der Waals surface area contributed by atoms with Crippen LogP contribution < -0.4 is 0 Å². The first-order chi connectivity index (χ1) is 12.3. The maximum absolute atomic E-state index is 12.6. The Morgan fingerprint density at radius 2 is 1.00 bits per heavy atom. The molecule has 0 radical (unpaired) electrons. The molecular formula is C19H12Cl4O3. The third kappa shape index (κ3) is 3.86. The monoisotopic (exact) mass is 428 g/mol. The lowest BCUT2D eigenvalue weighted by Crippen LogP contribution is -1.95. The van der Waals surface area contributed by atoms with Gasteiger partial charge in [-0.15, -0.1) is 0 Å². The molecule has 134 valence electrons. The Morgan fingerprint density at radius 1 is 0.692 bits per heavy atom. The minimum absolute atomic E-state index is 0.0920. The number of allylic oxidation sites excluding steroid dienone is 2. The molecule has 0 aliphatic heterocycles. The molecule has 1 aliphatic rings. The quantitative estimate of drug-likeness (QED) is 0.532. The normalized spacial score (nSPS) is 17.5. The Hall–Kier alpha value is -1.65. The van der Waals surface area contributed by atoms with Crippen LogP contribution in [0.15, 0.2) is 35.4 Å². The molecule has 0 aromatic heterocycles. The lowest BCUT2D eigenvalue weighted by molar-refractivity contribution is -0.111. The zero-order valence-corrected chi connectivity index (χ0v) is 16.2. The summed E-state index contributed by atoms with van der Waals surface area (Å²) in [6.07, 6.45) is 4.55. The molecule has 0 atom stereocenters. The molecule has 0 amide bonds. The molecule has 0 saturated heterocycles. The van der Waals surface area contributed by atoms with Crippen LogP contribution in [0, 0.1) is 0 Å². The first-order valence-electron chi connectivity index (χ1n) is 7.58. The molecule has 2 N–H and O–H groups in total. The molecule has 7 heteroatoms. The van der Waals surface area contributed by atoms with Crippen molar-refractivity contribution in [3.8, 4) is 11.5 Å². The number of phenolic OH excluding ortho intramolecular Hbond substituents is 2. The summed E-state index contributed by atoms with van der Waals surface area (Å²) < 4.78 is 0. The largest absolute Gasteiger partial charge is 0.505 e. The topological polar surface area (TPSA) is 57.5 Å². The van der Waals surface area contributed by atoms with Crippen molar-refractivity contribution in [1.82, 2.24) is 0 Å². The summed E-state index contributed by atoms with van der Waals surface area (Å²) in [6.45, 7) is 0. The molecule has 0 unspecified atom stereocenters. The number of aromatic hydroxyl groups is 2. The minimum atomic E-state index is -0.185. The zero-order chi connectivity index (χ0) is 19.0. The van der Waals surface area contributed by atoms with E-state index in [0.29, 0.717) is 35.1 Å².